The Labute approximate surface area is 126 Å². The van der Waals surface area contributed by atoms with Crippen LogP contribution < -0.4 is 4.74 Å². The van der Waals surface area contributed by atoms with E-state index in [2.05, 4.69) is 24.3 Å². The van der Waals surface area contributed by atoms with E-state index in [1.165, 1.54) is 29.5 Å². The third-order valence-electron chi connectivity index (χ3n) is 3.65. The lowest BCUT2D eigenvalue weighted by atomic mass is 10.1. The maximum absolute atomic E-state index is 5.87. The van der Waals surface area contributed by atoms with Crippen LogP contribution in [0.4, 0.5) is 0 Å². The zero-order valence-corrected chi connectivity index (χ0v) is 12.3. The van der Waals surface area contributed by atoms with E-state index >= 15 is 0 Å². The summed E-state index contributed by atoms with van der Waals surface area (Å²) in [5.74, 6) is 2.03. The van der Waals surface area contributed by atoms with Gasteiger partial charge in [0, 0.05) is 6.42 Å². The minimum atomic E-state index is 0.600. The molecule has 2 heteroatoms. The van der Waals surface area contributed by atoms with Crippen LogP contribution in [0.5, 0.6) is 5.75 Å². The first-order chi connectivity index (χ1) is 10.3. The smallest absolute Gasteiger partial charge is 0.120 e. The van der Waals surface area contributed by atoms with Crippen molar-refractivity contribution in [1.29, 1.82) is 0 Å². The Morgan fingerprint density at radius 2 is 1.71 bits per heavy atom. The van der Waals surface area contributed by atoms with E-state index in [0.29, 0.717) is 6.61 Å². The lowest BCUT2D eigenvalue weighted by Crippen LogP contribution is -1.97. The number of hydrogen-bond acceptors (Lipinski definition) is 2. The molecule has 0 atom stereocenters. The average Bonchev–Trinajstić information content (AvgIpc) is 3.37. The SMILES string of the molecule is COC(Cc1cccc(OCc2ccccc2)c1)=C1CC1. The summed E-state index contributed by atoms with van der Waals surface area (Å²) in [6.45, 7) is 0.600. The highest BCUT2D eigenvalue weighted by molar-refractivity contribution is 5.33. The molecule has 0 N–H and O–H groups in total. The van der Waals surface area contributed by atoms with E-state index < -0.39 is 0 Å². The normalized spacial score (nSPS) is 12.9. The Bertz CT molecular complexity index is 623. The third-order valence-corrected chi connectivity index (χ3v) is 3.65. The quantitative estimate of drug-likeness (QED) is 0.725. The van der Waals surface area contributed by atoms with Gasteiger partial charge in [0.25, 0.3) is 0 Å². The van der Waals surface area contributed by atoms with Crippen molar-refractivity contribution < 1.29 is 9.47 Å². The second kappa shape index (κ2) is 6.49. The van der Waals surface area contributed by atoms with Crippen LogP contribution in [0.1, 0.15) is 24.0 Å². The molecule has 1 aliphatic carbocycles. The number of ether oxygens (including phenoxy) is 2. The van der Waals surface area contributed by atoms with E-state index in [9.17, 15) is 0 Å². The maximum atomic E-state index is 5.87. The van der Waals surface area contributed by atoms with Crippen molar-refractivity contribution in [2.24, 2.45) is 0 Å². The fourth-order valence-electron chi connectivity index (χ4n) is 2.35. The molecule has 0 unspecified atom stereocenters. The molecule has 0 amide bonds. The molecule has 2 aromatic rings. The molecule has 0 radical (unpaired) electrons. The maximum Gasteiger partial charge on any atom is 0.120 e. The van der Waals surface area contributed by atoms with E-state index in [1.807, 2.05) is 30.3 Å². The number of rotatable bonds is 6. The average molecular weight is 280 g/mol. The van der Waals surface area contributed by atoms with Gasteiger partial charge in [0.05, 0.1) is 12.9 Å². The highest BCUT2D eigenvalue weighted by atomic mass is 16.5. The molecule has 1 fully saturated rings. The second-order valence-electron chi connectivity index (χ2n) is 5.33. The van der Waals surface area contributed by atoms with Gasteiger partial charge in [-0.25, -0.2) is 0 Å². The second-order valence-corrected chi connectivity index (χ2v) is 5.33. The summed E-state index contributed by atoms with van der Waals surface area (Å²) in [5, 5.41) is 0. The summed E-state index contributed by atoms with van der Waals surface area (Å²) in [6, 6.07) is 18.5. The van der Waals surface area contributed by atoms with Crippen LogP contribution in [0.2, 0.25) is 0 Å². The van der Waals surface area contributed by atoms with Gasteiger partial charge in [-0.15, -0.1) is 0 Å². The first-order valence-electron chi connectivity index (χ1n) is 7.35. The Morgan fingerprint density at radius 3 is 2.43 bits per heavy atom. The van der Waals surface area contributed by atoms with Crippen molar-refractivity contribution in [3.63, 3.8) is 0 Å². The number of allylic oxidation sites excluding steroid dienone is 2. The van der Waals surface area contributed by atoms with Gasteiger partial charge in [0.2, 0.25) is 0 Å². The molecule has 0 spiro atoms. The first kappa shape index (κ1) is 13.7. The number of hydrogen-bond donors (Lipinski definition) is 0. The Kier molecular flexibility index (Phi) is 4.25. The molecular weight excluding hydrogens is 260 g/mol. The van der Waals surface area contributed by atoms with Crippen molar-refractivity contribution in [3.8, 4) is 5.75 Å². The molecule has 0 bridgehead atoms. The molecule has 1 aliphatic rings. The van der Waals surface area contributed by atoms with Crippen molar-refractivity contribution in [3.05, 3.63) is 77.1 Å². The predicted molar refractivity (Wildman–Crippen MR) is 84.2 cm³/mol. The lowest BCUT2D eigenvalue weighted by molar-refractivity contribution is 0.280. The van der Waals surface area contributed by atoms with Crippen molar-refractivity contribution in [2.75, 3.05) is 7.11 Å². The minimum absolute atomic E-state index is 0.600. The highest BCUT2D eigenvalue weighted by Crippen LogP contribution is 2.33. The summed E-state index contributed by atoms with van der Waals surface area (Å²) in [7, 11) is 1.76. The molecule has 108 valence electrons. The van der Waals surface area contributed by atoms with Crippen LogP contribution in [0.15, 0.2) is 65.9 Å². The molecule has 0 aliphatic heterocycles. The topological polar surface area (TPSA) is 18.5 Å². The summed E-state index contributed by atoms with van der Waals surface area (Å²) in [6.07, 6.45) is 3.23. The third kappa shape index (κ3) is 3.88. The molecule has 0 saturated heterocycles. The molecule has 2 nitrogen and oxygen atoms in total. The van der Waals surface area contributed by atoms with Crippen molar-refractivity contribution in [1.82, 2.24) is 0 Å². The van der Waals surface area contributed by atoms with Crippen LogP contribution in [0.25, 0.3) is 0 Å². The van der Waals surface area contributed by atoms with Crippen LogP contribution in [-0.4, -0.2) is 7.11 Å². The van der Waals surface area contributed by atoms with Gasteiger partial charge >= 0.3 is 0 Å². The van der Waals surface area contributed by atoms with Gasteiger partial charge in [-0.05, 0) is 41.7 Å². The van der Waals surface area contributed by atoms with E-state index in [-0.39, 0.29) is 0 Å². The largest absolute Gasteiger partial charge is 0.501 e. The molecule has 0 heterocycles. The van der Waals surface area contributed by atoms with E-state index in [0.717, 1.165) is 17.9 Å². The molecule has 0 aromatic heterocycles. The van der Waals surface area contributed by atoms with Crippen molar-refractivity contribution >= 4 is 0 Å². The summed E-state index contributed by atoms with van der Waals surface area (Å²) in [5.41, 5.74) is 3.87. The molecule has 1 saturated carbocycles. The minimum Gasteiger partial charge on any atom is -0.501 e. The van der Waals surface area contributed by atoms with E-state index in [4.69, 9.17) is 9.47 Å². The van der Waals surface area contributed by atoms with E-state index in [1.54, 1.807) is 7.11 Å². The number of methoxy groups -OCH3 is 1. The van der Waals surface area contributed by atoms with Crippen LogP contribution in [-0.2, 0) is 17.8 Å². The van der Waals surface area contributed by atoms with Gasteiger partial charge in [0.1, 0.15) is 12.4 Å². The van der Waals surface area contributed by atoms with Crippen molar-refractivity contribution in [2.45, 2.75) is 25.9 Å². The Morgan fingerprint density at radius 1 is 0.952 bits per heavy atom. The van der Waals surface area contributed by atoms with Crippen LogP contribution >= 0.6 is 0 Å². The van der Waals surface area contributed by atoms with Gasteiger partial charge in [-0.3, -0.25) is 0 Å². The monoisotopic (exact) mass is 280 g/mol. The molecular formula is C19H20O2. The summed E-state index contributed by atoms with van der Waals surface area (Å²) < 4.78 is 11.4. The molecule has 21 heavy (non-hydrogen) atoms. The van der Waals surface area contributed by atoms with Gasteiger partial charge in [-0.1, -0.05) is 42.5 Å². The van der Waals surface area contributed by atoms with Crippen LogP contribution in [0, 0.1) is 0 Å². The van der Waals surface area contributed by atoms with Gasteiger partial charge < -0.3 is 9.47 Å². The number of benzene rings is 2. The molecule has 2 aromatic carbocycles. The van der Waals surface area contributed by atoms with Gasteiger partial charge in [-0.2, -0.15) is 0 Å². The first-order valence-corrected chi connectivity index (χ1v) is 7.35. The molecule has 3 rings (SSSR count). The van der Waals surface area contributed by atoms with Crippen LogP contribution in [0.3, 0.4) is 0 Å². The Hall–Kier alpha value is -2.22. The fourth-order valence-corrected chi connectivity index (χ4v) is 2.35. The zero-order chi connectivity index (χ0) is 14.5. The standard InChI is InChI=1S/C19H20O2/c1-20-19(17-10-11-17)13-16-8-5-9-18(12-16)21-14-15-6-3-2-4-7-15/h2-9,12H,10-11,13-14H2,1H3. The highest BCUT2D eigenvalue weighted by Gasteiger charge is 2.18. The summed E-state index contributed by atoms with van der Waals surface area (Å²) >= 11 is 0. The van der Waals surface area contributed by atoms with Gasteiger partial charge in [0.15, 0.2) is 0 Å². The Balaban J connectivity index is 1.64. The predicted octanol–water partition coefficient (Wildman–Crippen LogP) is 4.50. The summed E-state index contributed by atoms with van der Waals surface area (Å²) in [4.78, 5) is 0. The fraction of sp³-hybridized carbons (Fsp3) is 0.263. The lowest BCUT2D eigenvalue weighted by Gasteiger charge is -2.10. The zero-order valence-electron chi connectivity index (χ0n) is 12.3.